The average molecular weight is 410 g/mol. The summed E-state index contributed by atoms with van der Waals surface area (Å²) in [5, 5.41) is 12.2. The van der Waals surface area contributed by atoms with Gasteiger partial charge in [0.05, 0.1) is 24.3 Å². The molecule has 0 heterocycles. The maximum absolute atomic E-state index is 13.7. The molecule has 3 nitrogen and oxygen atoms in total. The summed E-state index contributed by atoms with van der Waals surface area (Å²) in [6.07, 6.45) is -4.51. The lowest BCUT2D eigenvalue weighted by Crippen LogP contribution is -2.21. The Morgan fingerprint density at radius 3 is 2.40 bits per heavy atom. The molecule has 1 unspecified atom stereocenters. The molecule has 0 aliphatic rings. The van der Waals surface area contributed by atoms with E-state index in [0.29, 0.717) is 11.1 Å². The van der Waals surface area contributed by atoms with Crippen molar-refractivity contribution in [1.29, 1.82) is 5.26 Å². The van der Waals surface area contributed by atoms with Gasteiger partial charge in [0.1, 0.15) is 5.75 Å². The predicted molar refractivity (Wildman–Crippen MR) is 110 cm³/mol. The van der Waals surface area contributed by atoms with Gasteiger partial charge in [-0.3, -0.25) is 0 Å². The molecular weight excluding hydrogens is 389 g/mol. The minimum absolute atomic E-state index is 0.0105. The zero-order chi connectivity index (χ0) is 21.7. The standard InChI is InChI=1S/C24H21F3N2O/c1-16(19-10-6-7-17(11-19)14-28)29-15-20-12-21(18-8-4-3-5-9-18)23(30-2)13-22(20)24(25,26)27/h3-13,16,29H,15H2,1-2H3. The van der Waals surface area contributed by atoms with Crippen molar-refractivity contribution in [2.75, 3.05) is 7.11 Å². The first kappa shape index (κ1) is 21.4. The van der Waals surface area contributed by atoms with Crippen LogP contribution < -0.4 is 10.1 Å². The van der Waals surface area contributed by atoms with Crippen molar-refractivity contribution in [3.63, 3.8) is 0 Å². The fourth-order valence-electron chi connectivity index (χ4n) is 3.31. The van der Waals surface area contributed by atoms with Gasteiger partial charge in [-0.15, -0.1) is 0 Å². The predicted octanol–water partition coefficient (Wildman–Crippen LogP) is 6.10. The molecule has 0 bridgehead atoms. The molecule has 0 amide bonds. The van der Waals surface area contributed by atoms with Gasteiger partial charge in [-0.1, -0.05) is 42.5 Å². The fourth-order valence-corrected chi connectivity index (χ4v) is 3.31. The maximum atomic E-state index is 13.7. The summed E-state index contributed by atoms with van der Waals surface area (Å²) in [5.41, 5.74) is 2.11. The lowest BCUT2D eigenvalue weighted by atomic mass is 9.97. The second-order valence-corrected chi connectivity index (χ2v) is 6.91. The normalized spacial score (nSPS) is 12.3. The van der Waals surface area contributed by atoms with Crippen LogP contribution in [-0.2, 0) is 12.7 Å². The molecule has 0 fully saturated rings. The van der Waals surface area contributed by atoms with Crippen LogP contribution in [0.4, 0.5) is 13.2 Å². The quantitative estimate of drug-likeness (QED) is 0.534. The van der Waals surface area contributed by atoms with Crippen molar-refractivity contribution >= 4 is 0 Å². The van der Waals surface area contributed by atoms with Crippen molar-refractivity contribution < 1.29 is 17.9 Å². The number of halogens is 3. The highest BCUT2D eigenvalue weighted by Gasteiger charge is 2.34. The van der Waals surface area contributed by atoms with Gasteiger partial charge in [-0.25, -0.2) is 0 Å². The number of nitrogens with one attached hydrogen (secondary N) is 1. The van der Waals surface area contributed by atoms with E-state index >= 15 is 0 Å². The van der Waals surface area contributed by atoms with E-state index in [0.717, 1.165) is 17.2 Å². The smallest absolute Gasteiger partial charge is 0.416 e. The third kappa shape index (κ3) is 4.81. The van der Waals surface area contributed by atoms with E-state index in [1.54, 1.807) is 18.2 Å². The number of benzene rings is 3. The van der Waals surface area contributed by atoms with E-state index in [2.05, 4.69) is 11.4 Å². The average Bonchev–Trinajstić information content (AvgIpc) is 2.76. The minimum atomic E-state index is -4.51. The number of alkyl halides is 3. The van der Waals surface area contributed by atoms with Crippen LogP contribution in [0, 0.1) is 11.3 Å². The summed E-state index contributed by atoms with van der Waals surface area (Å²) in [6.45, 7) is 1.86. The minimum Gasteiger partial charge on any atom is -0.496 e. The number of nitrogens with zero attached hydrogens (tertiary/aromatic N) is 1. The second kappa shape index (κ2) is 9.02. The van der Waals surface area contributed by atoms with Crippen molar-refractivity contribution in [1.82, 2.24) is 5.32 Å². The van der Waals surface area contributed by atoms with Gasteiger partial charge in [0, 0.05) is 18.2 Å². The van der Waals surface area contributed by atoms with Gasteiger partial charge in [0.2, 0.25) is 0 Å². The molecule has 154 valence electrons. The number of ether oxygens (including phenoxy) is 1. The Hall–Kier alpha value is -3.30. The molecule has 1 N–H and O–H groups in total. The molecule has 1 atom stereocenters. The SMILES string of the molecule is COc1cc(C(F)(F)F)c(CNC(C)c2cccc(C#N)c2)cc1-c1ccccc1. The molecular formula is C24H21F3N2O. The summed E-state index contributed by atoms with van der Waals surface area (Å²) < 4.78 is 46.4. The summed E-state index contributed by atoms with van der Waals surface area (Å²) in [7, 11) is 1.37. The molecule has 30 heavy (non-hydrogen) atoms. The summed E-state index contributed by atoms with van der Waals surface area (Å²) in [5.74, 6) is 0.173. The van der Waals surface area contributed by atoms with Gasteiger partial charge >= 0.3 is 6.18 Å². The van der Waals surface area contributed by atoms with Crippen LogP contribution in [0.2, 0.25) is 0 Å². The highest BCUT2D eigenvalue weighted by Crippen LogP contribution is 2.40. The fraction of sp³-hybridized carbons (Fsp3) is 0.208. The number of hydrogen-bond acceptors (Lipinski definition) is 3. The van der Waals surface area contributed by atoms with Crippen LogP contribution in [0.25, 0.3) is 11.1 Å². The third-order valence-electron chi connectivity index (χ3n) is 4.93. The zero-order valence-electron chi connectivity index (χ0n) is 16.6. The van der Waals surface area contributed by atoms with E-state index in [1.807, 2.05) is 43.3 Å². The number of methoxy groups -OCH3 is 1. The van der Waals surface area contributed by atoms with E-state index < -0.39 is 11.7 Å². The molecule has 6 heteroatoms. The Kier molecular flexibility index (Phi) is 6.43. The highest BCUT2D eigenvalue weighted by molar-refractivity contribution is 5.72. The van der Waals surface area contributed by atoms with Gasteiger partial charge in [0.25, 0.3) is 0 Å². The maximum Gasteiger partial charge on any atom is 0.416 e. The van der Waals surface area contributed by atoms with Gasteiger partial charge in [-0.2, -0.15) is 18.4 Å². The van der Waals surface area contributed by atoms with Crippen molar-refractivity contribution in [3.8, 4) is 22.9 Å². The molecule has 3 rings (SSSR count). The monoisotopic (exact) mass is 410 g/mol. The summed E-state index contributed by atoms with van der Waals surface area (Å²) >= 11 is 0. The van der Waals surface area contributed by atoms with Crippen molar-refractivity contribution in [3.05, 3.63) is 89.0 Å². The lowest BCUT2D eigenvalue weighted by Gasteiger charge is -2.20. The van der Waals surface area contributed by atoms with E-state index in [-0.39, 0.29) is 23.9 Å². The van der Waals surface area contributed by atoms with Crippen LogP contribution in [0.15, 0.2) is 66.7 Å². The van der Waals surface area contributed by atoms with Crippen LogP contribution in [-0.4, -0.2) is 7.11 Å². The number of hydrogen-bond donors (Lipinski definition) is 1. The van der Waals surface area contributed by atoms with E-state index in [1.165, 1.54) is 13.2 Å². The van der Waals surface area contributed by atoms with Crippen LogP contribution in [0.1, 0.15) is 35.2 Å². The molecule has 0 aliphatic heterocycles. The van der Waals surface area contributed by atoms with E-state index in [9.17, 15) is 13.2 Å². The molecule has 0 radical (unpaired) electrons. The Morgan fingerprint density at radius 2 is 1.77 bits per heavy atom. The zero-order valence-corrected chi connectivity index (χ0v) is 16.6. The molecule has 0 spiro atoms. The van der Waals surface area contributed by atoms with E-state index in [4.69, 9.17) is 10.00 Å². The molecule has 3 aromatic rings. The molecule has 0 aromatic heterocycles. The lowest BCUT2D eigenvalue weighted by molar-refractivity contribution is -0.138. The molecule has 0 saturated carbocycles. The Balaban J connectivity index is 1.96. The Bertz CT molecular complexity index is 1060. The van der Waals surface area contributed by atoms with Crippen LogP contribution in [0.3, 0.4) is 0 Å². The van der Waals surface area contributed by atoms with Crippen molar-refractivity contribution in [2.24, 2.45) is 0 Å². The van der Waals surface area contributed by atoms with Gasteiger partial charge < -0.3 is 10.1 Å². The Morgan fingerprint density at radius 1 is 1.03 bits per heavy atom. The molecule has 3 aromatic carbocycles. The summed E-state index contributed by atoms with van der Waals surface area (Å²) in [6, 6.07) is 20.6. The highest BCUT2D eigenvalue weighted by atomic mass is 19.4. The third-order valence-corrected chi connectivity index (χ3v) is 4.93. The topological polar surface area (TPSA) is 45.0 Å². The van der Waals surface area contributed by atoms with Gasteiger partial charge in [0.15, 0.2) is 0 Å². The molecule has 0 aliphatic carbocycles. The van der Waals surface area contributed by atoms with Gasteiger partial charge in [-0.05, 0) is 47.9 Å². The number of rotatable bonds is 6. The first-order chi connectivity index (χ1) is 14.3. The molecule has 0 saturated heterocycles. The number of nitriles is 1. The largest absolute Gasteiger partial charge is 0.496 e. The first-order valence-electron chi connectivity index (χ1n) is 9.40. The Labute approximate surface area is 173 Å². The van der Waals surface area contributed by atoms with Crippen LogP contribution in [0.5, 0.6) is 5.75 Å². The second-order valence-electron chi connectivity index (χ2n) is 6.91. The summed E-state index contributed by atoms with van der Waals surface area (Å²) in [4.78, 5) is 0. The van der Waals surface area contributed by atoms with Crippen molar-refractivity contribution in [2.45, 2.75) is 25.7 Å². The van der Waals surface area contributed by atoms with Crippen LogP contribution >= 0.6 is 0 Å². The first-order valence-corrected chi connectivity index (χ1v) is 9.40.